The third-order valence-electron chi connectivity index (χ3n) is 3.59. The number of ether oxygens (including phenoxy) is 1. The summed E-state index contributed by atoms with van der Waals surface area (Å²) in [6.45, 7) is 10.5. The summed E-state index contributed by atoms with van der Waals surface area (Å²) in [7, 11) is 0. The third kappa shape index (κ3) is 7.49. The number of unbranched alkanes of at least 4 members (excludes halogenated alkanes) is 1. The first-order chi connectivity index (χ1) is 10.0. The zero-order valence-electron chi connectivity index (χ0n) is 14.0. The number of aliphatic hydroxyl groups excluding tert-OH is 1. The Morgan fingerprint density at radius 3 is 2.43 bits per heavy atom. The van der Waals surface area contributed by atoms with E-state index < -0.39 is 6.10 Å². The Kier molecular flexibility index (Phi) is 8.40. The lowest BCUT2D eigenvalue weighted by Gasteiger charge is -2.16. The molecule has 0 heterocycles. The molecule has 0 aromatic heterocycles. The Labute approximate surface area is 129 Å². The highest BCUT2D eigenvalue weighted by atomic mass is 16.5. The number of hydrogen-bond donors (Lipinski definition) is 2. The number of aliphatic hydroxyl groups is 1. The molecule has 1 rings (SSSR count). The Hall–Kier alpha value is -1.06. The van der Waals surface area contributed by atoms with Crippen molar-refractivity contribution >= 4 is 0 Å². The van der Waals surface area contributed by atoms with E-state index in [0.717, 1.165) is 29.3 Å². The van der Waals surface area contributed by atoms with Crippen LogP contribution in [0, 0.1) is 19.8 Å². The number of hydrogen-bond acceptors (Lipinski definition) is 3. The second-order valence-electron chi connectivity index (χ2n) is 6.28. The molecular formula is C18H31NO2. The van der Waals surface area contributed by atoms with E-state index in [9.17, 15) is 5.11 Å². The molecular weight excluding hydrogens is 262 g/mol. The summed E-state index contributed by atoms with van der Waals surface area (Å²) < 4.78 is 5.75. The quantitative estimate of drug-likeness (QED) is 0.649. The van der Waals surface area contributed by atoms with Crippen LogP contribution >= 0.6 is 0 Å². The van der Waals surface area contributed by atoms with Crippen molar-refractivity contribution < 1.29 is 9.84 Å². The van der Waals surface area contributed by atoms with Gasteiger partial charge in [0.2, 0.25) is 0 Å². The Morgan fingerprint density at radius 1 is 1.14 bits per heavy atom. The van der Waals surface area contributed by atoms with Crippen LogP contribution in [0.5, 0.6) is 5.75 Å². The molecule has 21 heavy (non-hydrogen) atoms. The molecule has 0 radical (unpaired) electrons. The van der Waals surface area contributed by atoms with Gasteiger partial charge in [-0.1, -0.05) is 44.9 Å². The predicted octanol–water partition coefficient (Wildman–Crippen LogP) is 3.46. The summed E-state index contributed by atoms with van der Waals surface area (Å²) in [6, 6.07) is 6.08. The highest BCUT2D eigenvalue weighted by Gasteiger charge is 2.08. The maximum Gasteiger partial charge on any atom is 0.125 e. The van der Waals surface area contributed by atoms with Crippen LogP contribution in [0.3, 0.4) is 0 Å². The van der Waals surface area contributed by atoms with Gasteiger partial charge in [-0.2, -0.15) is 0 Å². The van der Waals surface area contributed by atoms with E-state index in [1.165, 1.54) is 19.3 Å². The topological polar surface area (TPSA) is 41.5 Å². The molecule has 0 aliphatic rings. The standard InChI is InChI=1S/C18H31NO2/c1-14(2)8-5-6-11-19-12-17(20)13-21-18-15(3)9-7-10-16(18)4/h7,9-10,14,17,19-20H,5-6,8,11-13H2,1-4H3. The summed E-state index contributed by atoms with van der Waals surface area (Å²) in [6.07, 6.45) is 3.23. The summed E-state index contributed by atoms with van der Waals surface area (Å²) in [5, 5.41) is 13.2. The molecule has 1 atom stereocenters. The van der Waals surface area contributed by atoms with Crippen LogP contribution in [0.4, 0.5) is 0 Å². The van der Waals surface area contributed by atoms with E-state index in [1.54, 1.807) is 0 Å². The molecule has 0 spiro atoms. The number of nitrogens with one attached hydrogen (secondary N) is 1. The molecule has 1 aromatic rings. The van der Waals surface area contributed by atoms with Gasteiger partial charge in [-0.15, -0.1) is 0 Å². The van der Waals surface area contributed by atoms with Gasteiger partial charge in [0, 0.05) is 6.54 Å². The normalized spacial score (nSPS) is 12.7. The molecule has 1 unspecified atom stereocenters. The Bertz CT molecular complexity index is 384. The van der Waals surface area contributed by atoms with Gasteiger partial charge in [-0.05, 0) is 43.9 Å². The molecule has 3 heteroatoms. The van der Waals surface area contributed by atoms with Crippen LogP contribution in [-0.4, -0.2) is 30.9 Å². The summed E-state index contributed by atoms with van der Waals surface area (Å²) in [5.74, 6) is 1.68. The van der Waals surface area contributed by atoms with Gasteiger partial charge in [0.1, 0.15) is 18.5 Å². The molecule has 1 aromatic carbocycles. The largest absolute Gasteiger partial charge is 0.490 e. The molecule has 0 aliphatic carbocycles. The molecule has 0 saturated heterocycles. The number of para-hydroxylation sites is 1. The van der Waals surface area contributed by atoms with E-state index in [-0.39, 0.29) is 0 Å². The molecule has 2 N–H and O–H groups in total. The van der Waals surface area contributed by atoms with Crippen LogP contribution in [0.15, 0.2) is 18.2 Å². The van der Waals surface area contributed by atoms with Gasteiger partial charge in [0.05, 0.1) is 0 Å². The van der Waals surface area contributed by atoms with Crippen LogP contribution < -0.4 is 10.1 Å². The molecule has 3 nitrogen and oxygen atoms in total. The van der Waals surface area contributed by atoms with Gasteiger partial charge in [-0.25, -0.2) is 0 Å². The second-order valence-corrected chi connectivity index (χ2v) is 6.28. The Morgan fingerprint density at radius 2 is 1.81 bits per heavy atom. The number of aryl methyl sites for hydroxylation is 2. The highest BCUT2D eigenvalue weighted by molar-refractivity contribution is 5.39. The van der Waals surface area contributed by atoms with E-state index in [2.05, 4.69) is 19.2 Å². The zero-order valence-corrected chi connectivity index (χ0v) is 14.0. The number of rotatable bonds is 10. The smallest absolute Gasteiger partial charge is 0.125 e. The lowest BCUT2D eigenvalue weighted by atomic mass is 10.1. The van der Waals surface area contributed by atoms with E-state index in [0.29, 0.717) is 13.2 Å². The second kappa shape index (κ2) is 9.80. The fourth-order valence-corrected chi connectivity index (χ4v) is 2.34. The van der Waals surface area contributed by atoms with Crippen molar-refractivity contribution in [3.8, 4) is 5.75 Å². The van der Waals surface area contributed by atoms with Crippen molar-refractivity contribution in [3.05, 3.63) is 29.3 Å². The SMILES string of the molecule is Cc1cccc(C)c1OCC(O)CNCCCCC(C)C. The minimum Gasteiger partial charge on any atom is -0.490 e. The molecule has 0 bridgehead atoms. The summed E-state index contributed by atoms with van der Waals surface area (Å²) in [5.41, 5.74) is 2.23. The van der Waals surface area contributed by atoms with Crippen LogP contribution in [0.2, 0.25) is 0 Å². The van der Waals surface area contributed by atoms with Crippen molar-refractivity contribution in [1.29, 1.82) is 0 Å². The van der Waals surface area contributed by atoms with Gasteiger partial charge in [0.15, 0.2) is 0 Å². The minimum atomic E-state index is -0.464. The van der Waals surface area contributed by atoms with E-state index in [4.69, 9.17) is 4.74 Å². The minimum absolute atomic E-state index is 0.338. The van der Waals surface area contributed by atoms with Crippen molar-refractivity contribution in [2.24, 2.45) is 5.92 Å². The van der Waals surface area contributed by atoms with Gasteiger partial charge < -0.3 is 15.2 Å². The van der Waals surface area contributed by atoms with Gasteiger partial charge in [0.25, 0.3) is 0 Å². The average Bonchev–Trinajstić information content (AvgIpc) is 2.41. The Balaban J connectivity index is 2.15. The van der Waals surface area contributed by atoms with Gasteiger partial charge >= 0.3 is 0 Å². The monoisotopic (exact) mass is 293 g/mol. The maximum atomic E-state index is 9.95. The fraction of sp³-hybridized carbons (Fsp3) is 0.667. The highest BCUT2D eigenvalue weighted by Crippen LogP contribution is 2.22. The average molecular weight is 293 g/mol. The molecule has 0 amide bonds. The van der Waals surface area contributed by atoms with Crippen molar-refractivity contribution in [2.45, 2.75) is 53.1 Å². The molecule has 0 aliphatic heterocycles. The van der Waals surface area contributed by atoms with Crippen molar-refractivity contribution in [2.75, 3.05) is 19.7 Å². The van der Waals surface area contributed by atoms with E-state index >= 15 is 0 Å². The maximum absolute atomic E-state index is 9.95. The van der Waals surface area contributed by atoms with Crippen molar-refractivity contribution in [1.82, 2.24) is 5.32 Å². The molecule has 0 saturated carbocycles. The summed E-state index contributed by atoms with van der Waals surface area (Å²) >= 11 is 0. The van der Waals surface area contributed by atoms with Crippen LogP contribution in [0.1, 0.15) is 44.2 Å². The number of benzene rings is 1. The van der Waals surface area contributed by atoms with E-state index in [1.807, 2.05) is 32.0 Å². The van der Waals surface area contributed by atoms with Crippen LogP contribution in [-0.2, 0) is 0 Å². The zero-order chi connectivity index (χ0) is 15.7. The first-order valence-electron chi connectivity index (χ1n) is 8.08. The molecule has 0 fully saturated rings. The van der Waals surface area contributed by atoms with Crippen molar-refractivity contribution in [3.63, 3.8) is 0 Å². The predicted molar refractivity (Wildman–Crippen MR) is 89.0 cm³/mol. The third-order valence-corrected chi connectivity index (χ3v) is 3.59. The lowest BCUT2D eigenvalue weighted by molar-refractivity contribution is 0.106. The summed E-state index contributed by atoms with van der Waals surface area (Å²) in [4.78, 5) is 0. The van der Waals surface area contributed by atoms with Gasteiger partial charge in [-0.3, -0.25) is 0 Å². The fourth-order valence-electron chi connectivity index (χ4n) is 2.34. The first kappa shape index (κ1) is 18.0. The van der Waals surface area contributed by atoms with Crippen LogP contribution in [0.25, 0.3) is 0 Å². The first-order valence-corrected chi connectivity index (χ1v) is 8.08. The molecule has 120 valence electrons. The lowest BCUT2D eigenvalue weighted by Crippen LogP contribution is -2.32.